The van der Waals surface area contributed by atoms with Crippen LogP contribution in [0.25, 0.3) is 11.1 Å². The quantitative estimate of drug-likeness (QED) is 0.507. The summed E-state index contributed by atoms with van der Waals surface area (Å²) >= 11 is 0. The first-order valence-corrected chi connectivity index (χ1v) is 10.8. The Balaban J connectivity index is 2.10. The van der Waals surface area contributed by atoms with Crippen molar-refractivity contribution < 1.29 is 9.53 Å². The zero-order valence-electron chi connectivity index (χ0n) is 18.7. The molecule has 2 aromatic carbocycles. The molecule has 0 radical (unpaired) electrons. The molecule has 1 aliphatic heterocycles. The number of carbonyl (C=O) groups is 1. The summed E-state index contributed by atoms with van der Waals surface area (Å²) in [4.78, 5) is 13.1. The third-order valence-corrected chi connectivity index (χ3v) is 5.77. The summed E-state index contributed by atoms with van der Waals surface area (Å²) in [6, 6.07) is 16.2. The molecule has 5 heteroatoms. The van der Waals surface area contributed by atoms with Crippen molar-refractivity contribution in [1.82, 2.24) is 10.4 Å². The van der Waals surface area contributed by atoms with Gasteiger partial charge in [-0.15, -0.1) is 0 Å². The lowest BCUT2D eigenvalue weighted by Crippen LogP contribution is -2.48. The predicted molar refractivity (Wildman–Crippen MR) is 122 cm³/mol. The number of allylic oxidation sites excluding steroid dienone is 1. The van der Waals surface area contributed by atoms with E-state index < -0.39 is 5.54 Å². The molecule has 3 rings (SSSR count). The molecule has 0 aromatic heterocycles. The molecular formula is C25H33N3O2. The highest BCUT2D eigenvalue weighted by molar-refractivity contribution is 5.93. The van der Waals surface area contributed by atoms with E-state index in [-0.39, 0.29) is 11.9 Å². The molecule has 2 aromatic rings. The standard InChI is InChI=1S/C25H33N3O2/c1-6-16-28-25(5,22(24(29)30-7-2)23(27-28)17(3)4)19-14-12-18(13-15-19)20-10-8-9-11-21(20)26/h8-15,17,27H,6-7,16,26H2,1-5H3. The third-order valence-electron chi connectivity index (χ3n) is 5.77. The number of nitrogens with one attached hydrogen (secondary N) is 1. The second-order valence-electron chi connectivity index (χ2n) is 8.16. The Morgan fingerprint density at radius 1 is 1.13 bits per heavy atom. The van der Waals surface area contributed by atoms with Crippen LogP contribution in [0.4, 0.5) is 5.69 Å². The van der Waals surface area contributed by atoms with Gasteiger partial charge in [-0.05, 0) is 43.4 Å². The summed E-state index contributed by atoms with van der Waals surface area (Å²) in [5.74, 6) is -0.0832. The molecule has 30 heavy (non-hydrogen) atoms. The fourth-order valence-electron chi connectivity index (χ4n) is 4.18. The second-order valence-corrected chi connectivity index (χ2v) is 8.16. The Morgan fingerprint density at radius 2 is 1.80 bits per heavy atom. The van der Waals surface area contributed by atoms with E-state index in [1.54, 1.807) is 0 Å². The minimum atomic E-state index is -0.622. The number of para-hydroxylation sites is 1. The van der Waals surface area contributed by atoms with Crippen molar-refractivity contribution in [3.63, 3.8) is 0 Å². The van der Waals surface area contributed by atoms with Crippen molar-refractivity contribution in [2.45, 2.75) is 46.6 Å². The van der Waals surface area contributed by atoms with Crippen molar-refractivity contribution >= 4 is 11.7 Å². The number of rotatable bonds is 7. The van der Waals surface area contributed by atoms with Gasteiger partial charge in [0.05, 0.1) is 17.7 Å². The molecule has 160 valence electrons. The number of carbonyl (C=O) groups excluding carboxylic acids is 1. The average Bonchev–Trinajstić information content (AvgIpc) is 3.03. The van der Waals surface area contributed by atoms with Crippen LogP contribution in [0, 0.1) is 5.92 Å². The highest BCUT2D eigenvalue weighted by Gasteiger charge is 2.48. The smallest absolute Gasteiger partial charge is 0.338 e. The van der Waals surface area contributed by atoms with Crippen molar-refractivity contribution in [3.05, 3.63) is 65.4 Å². The summed E-state index contributed by atoms with van der Waals surface area (Å²) in [6.45, 7) is 11.4. The van der Waals surface area contributed by atoms with E-state index in [1.165, 1.54) is 0 Å². The molecule has 0 amide bonds. The van der Waals surface area contributed by atoms with E-state index >= 15 is 0 Å². The molecule has 3 N–H and O–H groups in total. The van der Waals surface area contributed by atoms with Crippen LogP contribution in [-0.4, -0.2) is 24.1 Å². The van der Waals surface area contributed by atoms with Crippen LogP contribution >= 0.6 is 0 Å². The first-order valence-electron chi connectivity index (χ1n) is 10.8. The van der Waals surface area contributed by atoms with Gasteiger partial charge in [0, 0.05) is 23.5 Å². The largest absolute Gasteiger partial charge is 0.463 e. The Labute approximate surface area is 179 Å². The maximum absolute atomic E-state index is 13.1. The van der Waals surface area contributed by atoms with E-state index in [0.717, 1.165) is 41.0 Å². The average molecular weight is 408 g/mol. The van der Waals surface area contributed by atoms with Crippen LogP contribution in [0.15, 0.2) is 59.8 Å². The molecule has 1 atom stereocenters. The van der Waals surface area contributed by atoms with E-state index in [9.17, 15) is 4.79 Å². The van der Waals surface area contributed by atoms with Gasteiger partial charge >= 0.3 is 5.97 Å². The minimum Gasteiger partial charge on any atom is -0.463 e. The number of nitrogens with two attached hydrogens (primary N) is 1. The topological polar surface area (TPSA) is 67.6 Å². The zero-order valence-corrected chi connectivity index (χ0v) is 18.7. The second kappa shape index (κ2) is 8.92. The van der Waals surface area contributed by atoms with Gasteiger partial charge in [-0.2, -0.15) is 0 Å². The molecule has 1 heterocycles. The summed E-state index contributed by atoms with van der Waals surface area (Å²) in [6.07, 6.45) is 0.961. The number of hydrogen-bond acceptors (Lipinski definition) is 5. The SMILES string of the molecule is CCCN1NC(C(C)C)=C(C(=O)OCC)C1(C)c1ccc(-c2ccccc2N)cc1. The number of anilines is 1. The molecule has 0 spiro atoms. The van der Waals surface area contributed by atoms with Crippen molar-refractivity contribution in [2.24, 2.45) is 5.92 Å². The van der Waals surface area contributed by atoms with E-state index in [0.29, 0.717) is 12.2 Å². The minimum absolute atomic E-state index is 0.175. The molecule has 1 aliphatic rings. The van der Waals surface area contributed by atoms with Crippen LogP contribution in [0.3, 0.4) is 0 Å². The van der Waals surface area contributed by atoms with Gasteiger partial charge in [0.2, 0.25) is 0 Å². The summed E-state index contributed by atoms with van der Waals surface area (Å²) in [5, 5.41) is 2.17. The molecular weight excluding hydrogens is 374 g/mol. The van der Waals surface area contributed by atoms with Gasteiger partial charge < -0.3 is 15.9 Å². The molecule has 0 saturated carbocycles. The maximum atomic E-state index is 13.1. The van der Waals surface area contributed by atoms with Gasteiger partial charge in [-0.25, -0.2) is 9.80 Å². The summed E-state index contributed by atoms with van der Waals surface area (Å²) < 4.78 is 5.48. The summed E-state index contributed by atoms with van der Waals surface area (Å²) in [7, 11) is 0. The van der Waals surface area contributed by atoms with Crippen LogP contribution in [0.1, 0.15) is 46.6 Å². The van der Waals surface area contributed by atoms with Crippen LogP contribution in [-0.2, 0) is 15.1 Å². The van der Waals surface area contributed by atoms with Gasteiger partial charge in [0.25, 0.3) is 0 Å². The number of nitrogens with zero attached hydrogens (tertiary/aromatic N) is 1. The number of nitrogen functional groups attached to an aromatic ring is 1. The van der Waals surface area contributed by atoms with Gasteiger partial charge in [0.15, 0.2) is 0 Å². The third kappa shape index (κ3) is 3.82. The first kappa shape index (κ1) is 21.9. The van der Waals surface area contributed by atoms with Crippen molar-refractivity contribution in [2.75, 3.05) is 18.9 Å². The predicted octanol–water partition coefficient (Wildman–Crippen LogP) is 4.85. The van der Waals surface area contributed by atoms with Gasteiger partial charge in [0.1, 0.15) is 0 Å². The van der Waals surface area contributed by atoms with E-state index in [4.69, 9.17) is 10.5 Å². The van der Waals surface area contributed by atoms with E-state index in [2.05, 4.69) is 62.4 Å². The highest BCUT2D eigenvalue weighted by Crippen LogP contribution is 2.43. The Morgan fingerprint density at radius 3 is 2.37 bits per heavy atom. The lowest BCUT2D eigenvalue weighted by atomic mass is 9.81. The Kier molecular flexibility index (Phi) is 6.52. The number of benzene rings is 2. The van der Waals surface area contributed by atoms with Crippen LogP contribution < -0.4 is 11.2 Å². The van der Waals surface area contributed by atoms with Gasteiger partial charge in [-0.3, -0.25) is 0 Å². The lowest BCUT2D eigenvalue weighted by molar-refractivity contribution is -0.140. The van der Waals surface area contributed by atoms with Crippen LogP contribution in [0.2, 0.25) is 0 Å². The first-order chi connectivity index (χ1) is 14.3. The van der Waals surface area contributed by atoms with Crippen molar-refractivity contribution in [1.29, 1.82) is 0 Å². The number of ether oxygens (including phenoxy) is 1. The number of esters is 1. The lowest BCUT2D eigenvalue weighted by Gasteiger charge is -2.36. The molecule has 0 fully saturated rings. The van der Waals surface area contributed by atoms with Crippen molar-refractivity contribution in [3.8, 4) is 11.1 Å². The normalized spacial score (nSPS) is 19.3. The Bertz CT molecular complexity index is 934. The molecule has 0 saturated heterocycles. The monoisotopic (exact) mass is 407 g/mol. The molecule has 0 bridgehead atoms. The fraction of sp³-hybridized carbons (Fsp3) is 0.400. The summed E-state index contributed by atoms with van der Waals surface area (Å²) in [5.41, 5.74) is 14.5. The van der Waals surface area contributed by atoms with Gasteiger partial charge in [-0.1, -0.05) is 63.2 Å². The number of hydrogen-bond donors (Lipinski definition) is 2. The van der Waals surface area contributed by atoms with E-state index in [1.807, 2.05) is 31.2 Å². The van der Waals surface area contributed by atoms with Crippen LogP contribution in [0.5, 0.6) is 0 Å². The molecule has 5 nitrogen and oxygen atoms in total. The molecule has 1 unspecified atom stereocenters. The zero-order chi connectivity index (χ0) is 21.9. The Hall–Kier alpha value is -2.79. The highest BCUT2D eigenvalue weighted by atomic mass is 16.5. The molecule has 0 aliphatic carbocycles. The maximum Gasteiger partial charge on any atom is 0.338 e. The number of hydrazine groups is 1. The fourth-order valence-corrected chi connectivity index (χ4v) is 4.18.